The highest BCUT2D eigenvalue weighted by atomic mass is 32.1. The van der Waals surface area contributed by atoms with Gasteiger partial charge in [-0.1, -0.05) is 12.1 Å². The van der Waals surface area contributed by atoms with E-state index in [1.165, 1.54) is 16.8 Å². The molecule has 0 bridgehead atoms. The van der Waals surface area contributed by atoms with Crippen molar-refractivity contribution >= 4 is 17.0 Å². The molecule has 2 rings (SSSR count). The van der Waals surface area contributed by atoms with Crippen LogP contribution in [-0.4, -0.2) is 14.1 Å². The van der Waals surface area contributed by atoms with Gasteiger partial charge in [0.25, 0.3) is 0 Å². The van der Waals surface area contributed by atoms with Crippen molar-refractivity contribution in [1.29, 1.82) is 0 Å². The maximum absolute atomic E-state index is 3.54. The molecule has 1 N–H and O–H groups in total. The zero-order valence-corrected chi connectivity index (χ0v) is 12.0. The molecule has 2 nitrogen and oxygen atoms in total. The van der Waals surface area contributed by atoms with Crippen molar-refractivity contribution in [3.63, 3.8) is 0 Å². The van der Waals surface area contributed by atoms with Gasteiger partial charge in [-0.3, -0.25) is 0 Å². The van der Waals surface area contributed by atoms with Crippen molar-refractivity contribution in [2.75, 3.05) is 19.0 Å². The van der Waals surface area contributed by atoms with Gasteiger partial charge in [-0.2, -0.15) is 11.3 Å². The number of anilines is 1. The highest BCUT2D eigenvalue weighted by molar-refractivity contribution is 7.07. The van der Waals surface area contributed by atoms with Gasteiger partial charge in [-0.15, -0.1) is 0 Å². The summed E-state index contributed by atoms with van der Waals surface area (Å²) < 4.78 is 0. The van der Waals surface area contributed by atoms with Crippen LogP contribution in [0, 0.1) is 0 Å². The maximum Gasteiger partial charge on any atom is 0.0361 e. The Morgan fingerprint density at radius 3 is 2.44 bits per heavy atom. The molecule has 1 heterocycles. The summed E-state index contributed by atoms with van der Waals surface area (Å²) in [5.41, 5.74) is 3.93. The van der Waals surface area contributed by atoms with Crippen LogP contribution in [0.5, 0.6) is 0 Å². The molecule has 1 atom stereocenters. The predicted octanol–water partition coefficient (Wildman–Crippen LogP) is 3.66. The summed E-state index contributed by atoms with van der Waals surface area (Å²) >= 11 is 1.75. The zero-order valence-electron chi connectivity index (χ0n) is 11.2. The minimum atomic E-state index is 0.376. The summed E-state index contributed by atoms with van der Waals surface area (Å²) in [6.45, 7) is 3.14. The normalized spacial score (nSPS) is 12.4. The monoisotopic (exact) mass is 260 g/mol. The number of thiophene rings is 1. The number of hydrogen-bond acceptors (Lipinski definition) is 3. The van der Waals surface area contributed by atoms with E-state index < -0.39 is 0 Å². The van der Waals surface area contributed by atoms with E-state index in [0.29, 0.717) is 6.04 Å². The second-order valence-corrected chi connectivity index (χ2v) is 5.50. The van der Waals surface area contributed by atoms with E-state index in [0.717, 1.165) is 6.54 Å². The number of benzene rings is 1. The topological polar surface area (TPSA) is 15.3 Å². The van der Waals surface area contributed by atoms with E-state index in [1.54, 1.807) is 11.3 Å². The molecule has 0 fully saturated rings. The number of nitrogens with zero attached hydrogens (tertiary/aromatic N) is 1. The SMILES string of the molecule is CC(NCc1ccsc1)c1ccc(N(C)C)cc1. The van der Waals surface area contributed by atoms with Crippen LogP contribution in [0.4, 0.5) is 5.69 Å². The van der Waals surface area contributed by atoms with Gasteiger partial charge in [0.15, 0.2) is 0 Å². The van der Waals surface area contributed by atoms with Crippen molar-refractivity contribution < 1.29 is 0 Å². The van der Waals surface area contributed by atoms with E-state index in [2.05, 4.69) is 72.3 Å². The van der Waals surface area contributed by atoms with Crippen molar-refractivity contribution in [3.8, 4) is 0 Å². The highest BCUT2D eigenvalue weighted by Crippen LogP contribution is 2.18. The molecular weight excluding hydrogens is 240 g/mol. The second-order valence-electron chi connectivity index (χ2n) is 4.72. The zero-order chi connectivity index (χ0) is 13.0. The fourth-order valence-corrected chi connectivity index (χ4v) is 2.51. The van der Waals surface area contributed by atoms with Gasteiger partial charge in [0.05, 0.1) is 0 Å². The van der Waals surface area contributed by atoms with Gasteiger partial charge in [0, 0.05) is 32.4 Å². The van der Waals surface area contributed by atoms with Crippen molar-refractivity contribution in [3.05, 3.63) is 52.2 Å². The average molecular weight is 260 g/mol. The van der Waals surface area contributed by atoms with Gasteiger partial charge in [-0.05, 0) is 47.0 Å². The third-order valence-corrected chi connectivity index (χ3v) is 3.83. The third-order valence-electron chi connectivity index (χ3n) is 3.10. The number of rotatable bonds is 5. The Kier molecular flexibility index (Phi) is 4.39. The minimum absolute atomic E-state index is 0.376. The van der Waals surface area contributed by atoms with Gasteiger partial charge in [0.1, 0.15) is 0 Å². The Hall–Kier alpha value is -1.32. The summed E-state index contributed by atoms with van der Waals surface area (Å²) in [6.07, 6.45) is 0. The molecule has 1 aromatic carbocycles. The van der Waals surface area contributed by atoms with Crippen LogP contribution in [0.3, 0.4) is 0 Å². The van der Waals surface area contributed by atoms with E-state index in [4.69, 9.17) is 0 Å². The minimum Gasteiger partial charge on any atom is -0.378 e. The van der Waals surface area contributed by atoms with Crippen molar-refractivity contribution in [1.82, 2.24) is 5.32 Å². The van der Waals surface area contributed by atoms with Crippen LogP contribution in [0.2, 0.25) is 0 Å². The third kappa shape index (κ3) is 3.34. The summed E-state index contributed by atoms with van der Waals surface area (Å²) in [7, 11) is 4.13. The Bertz CT molecular complexity index is 460. The molecule has 18 heavy (non-hydrogen) atoms. The van der Waals surface area contributed by atoms with Crippen LogP contribution in [0.1, 0.15) is 24.1 Å². The molecule has 3 heteroatoms. The van der Waals surface area contributed by atoms with Gasteiger partial charge in [-0.25, -0.2) is 0 Å². The first-order valence-corrected chi connectivity index (χ1v) is 7.13. The lowest BCUT2D eigenvalue weighted by molar-refractivity contribution is 0.575. The van der Waals surface area contributed by atoms with E-state index >= 15 is 0 Å². The lowest BCUT2D eigenvalue weighted by Crippen LogP contribution is -2.18. The first-order chi connectivity index (χ1) is 8.66. The fraction of sp³-hybridized carbons (Fsp3) is 0.333. The van der Waals surface area contributed by atoms with Crippen molar-refractivity contribution in [2.24, 2.45) is 0 Å². The Labute approximate surface area is 113 Å². The highest BCUT2D eigenvalue weighted by Gasteiger charge is 2.05. The van der Waals surface area contributed by atoms with E-state index in [-0.39, 0.29) is 0 Å². The first kappa shape index (κ1) is 13.1. The molecular formula is C15H20N2S. The molecule has 0 saturated heterocycles. The molecule has 0 radical (unpaired) electrons. The van der Waals surface area contributed by atoms with Crippen LogP contribution in [0.15, 0.2) is 41.1 Å². The molecule has 0 aliphatic carbocycles. The summed E-state index contributed by atoms with van der Waals surface area (Å²) in [5, 5.41) is 7.85. The molecule has 1 unspecified atom stereocenters. The standard InChI is InChI=1S/C15H20N2S/c1-12(16-10-13-8-9-18-11-13)14-4-6-15(7-5-14)17(2)3/h4-9,11-12,16H,10H2,1-3H3. The van der Waals surface area contributed by atoms with Crippen LogP contribution < -0.4 is 10.2 Å². The molecule has 0 aliphatic rings. The largest absolute Gasteiger partial charge is 0.378 e. The maximum atomic E-state index is 3.54. The summed E-state index contributed by atoms with van der Waals surface area (Å²) in [5.74, 6) is 0. The van der Waals surface area contributed by atoms with E-state index in [9.17, 15) is 0 Å². The van der Waals surface area contributed by atoms with E-state index in [1.807, 2.05) is 0 Å². The Morgan fingerprint density at radius 1 is 1.17 bits per heavy atom. The smallest absolute Gasteiger partial charge is 0.0361 e. The number of hydrogen-bond donors (Lipinski definition) is 1. The average Bonchev–Trinajstić information content (AvgIpc) is 2.89. The van der Waals surface area contributed by atoms with Gasteiger partial charge in [0.2, 0.25) is 0 Å². The molecule has 96 valence electrons. The van der Waals surface area contributed by atoms with Crippen LogP contribution >= 0.6 is 11.3 Å². The first-order valence-electron chi connectivity index (χ1n) is 6.18. The lowest BCUT2D eigenvalue weighted by Gasteiger charge is -2.16. The Morgan fingerprint density at radius 2 is 1.89 bits per heavy atom. The quantitative estimate of drug-likeness (QED) is 0.882. The molecule has 0 aliphatic heterocycles. The summed E-state index contributed by atoms with van der Waals surface area (Å²) in [4.78, 5) is 2.12. The molecule has 2 aromatic rings. The van der Waals surface area contributed by atoms with Gasteiger partial charge >= 0.3 is 0 Å². The van der Waals surface area contributed by atoms with Crippen LogP contribution in [-0.2, 0) is 6.54 Å². The molecule has 0 saturated carbocycles. The van der Waals surface area contributed by atoms with Crippen LogP contribution in [0.25, 0.3) is 0 Å². The predicted molar refractivity (Wildman–Crippen MR) is 80.3 cm³/mol. The lowest BCUT2D eigenvalue weighted by atomic mass is 10.1. The summed E-state index contributed by atoms with van der Waals surface area (Å²) in [6, 6.07) is 11.3. The fourth-order valence-electron chi connectivity index (χ4n) is 1.84. The molecule has 0 spiro atoms. The van der Waals surface area contributed by atoms with Gasteiger partial charge < -0.3 is 10.2 Å². The number of nitrogens with one attached hydrogen (secondary N) is 1. The molecule has 1 aromatic heterocycles. The van der Waals surface area contributed by atoms with Crippen molar-refractivity contribution in [2.45, 2.75) is 19.5 Å². The Balaban J connectivity index is 1.94. The molecule has 0 amide bonds. The second kappa shape index (κ2) is 6.03.